The fraction of sp³-hybridized carbons (Fsp3) is 0.786. The molecule has 3 saturated carbocycles. The minimum atomic E-state index is -1.52. The molecule has 4 rings (SSSR count). The van der Waals surface area contributed by atoms with Crippen molar-refractivity contribution in [2.75, 3.05) is 6.61 Å². The highest BCUT2D eigenvalue weighted by Crippen LogP contribution is 2.67. The predicted molar refractivity (Wildman–Crippen MR) is 136 cm³/mol. The first-order valence-electron chi connectivity index (χ1n) is 13.6. The lowest BCUT2D eigenvalue weighted by Crippen LogP contribution is -2.60. The second-order valence-electron chi connectivity index (χ2n) is 11.8. The summed E-state index contributed by atoms with van der Waals surface area (Å²) in [5.41, 5.74) is 1.98. The van der Waals surface area contributed by atoms with E-state index in [1.165, 1.54) is 19.4 Å². The van der Waals surface area contributed by atoms with Crippen molar-refractivity contribution in [2.24, 2.45) is 33.7 Å². The molecule has 9 heteroatoms. The minimum absolute atomic E-state index is 0.0210. The van der Waals surface area contributed by atoms with Crippen LogP contribution in [0.3, 0.4) is 0 Å². The summed E-state index contributed by atoms with van der Waals surface area (Å²) in [5, 5.41) is 16.5. The van der Waals surface area contributed by atoms with E-state index in [9.17, 15) is 19.5 Å². The van der Waals surface area contributed by atoms with E-state index in [0.717, 1.165) is 38.5 Å². The summed E-state index contributed by atoms with van der Waals surface area (Å²) in [6.45, 7) is 10.8. The number of fused-ring (bicyclic) bond motifs is 5. The van der Waals surface area contributed by atoms with Gasteiger partial charge in [0.05, 0.1) is 12.3 Å². The molecule has 4 aliphatic carbocycles. The SMILES string of the molecule is CCOC(=O)N/N=C(/C)[C@@]1(O)[C@H](OC(C)=O)CC2C3CC=C4CC(OC(C)=O)CC[C@]4(C)C3CC[C@@]21C. The molecule has 37 heavy (non-hydrogen) atoms. The van der Waals surface area contributed by atoms with E-state index < -0.39 is 29.2 Å². The van der Waals surface area contributed by atoms with Crippen LogP contribution in [-0.4, -0.2) is 53.3 Å². The van der Waals surface area contributed by atoms with Gasteiger partial charge in [0.1, 0.15) is 17.8 Å². The number of allylic oxidation sites excluding steroid dienone is 1. The first kappa shape index (κ1) is 27.6. The van der Waals surface area contributed by atoms with Crippen molar-refractivity contribution in [2.45, 2.75) is 104 Å². The molecule has 0 bridgehead atoms. The van der Waals surface area contributed by atoms with Crippen LogP contribution in [0.5, 0.6) is 0 Å². The zero-order valence-electron chi connectivity index (χ0n) is 23.0. The van der Waals surface area contributed by atoms with Gasteiger partial charge in [0, 0.05) is 25.7 Å². The van der Waals surface area contributed by atoms with Crippen LogP contribution in [0.4, 0.5) is 4.79 Å². The molecular formula is C28H42N2O7. The fourth-order valence-electron chi connectivity index (χ4n) is 8.32. The van der Waals surface area contributed by atoms with Gasteiger partial charge in [0.2, 0.25) is 0 Å². The lowest BCUT2D eigenvalue weighted by molar-refractivity contribution is -0.161. The first-order chi connectivity index (χ1) is 17.4. The first-order valence-corrected chi connectivity index (χ1v) is 13.6. The third kappa shape index (κ3) is 4.57. The third-order valence-corrected chi connectivity index (χ3v) is 10.0. The van der Waals surface area contributed by atoms with Crippen molar-refractivity contribution < 1.29 is 33.7 Å². The maximum absolute atomic E-state index is 12.3. The predicted octanol–water partition coefficient (Wildman–Crippen LogP) is 4.28. The van der Waals surface area contributed by atoms with Gasteiger partial charge in [-0.2, -0.15) is 5.10 Å². The largest absolute Gasteiger partial charge is 0.462 e. The molecule has 0 radical (unpaired) electrons. The number of hydrazone groups is 1. The molecule has 0 aliphatic heterocycles. The summed E-state index contributed by atoms with van der Waals surface area (Å²) in [6, 6.07) is 0. The average Bonchev–Trinajstić information content (AvgIpc) is 3.05. The molecule has 9 nitrogen and oxygen atoms in total. The highest BCUT2D eigenvalue weighted by atomic mass is 16.6. The molecule has 0 aromatic heterocycles. The molecule has 0 heterocycles. The number of aliphatic hydroxyl groups is 1. The monoisotopic (exact) mass is 518 g/mol. The van der Waals surface area contributed by atoms with Crippen molar-refractivity contribution in [3.63, 3.8) is 0 Å². The van der Waals surface area contributed by atoms with Crippen LogP contribution in [0.25, 0.3) is 0 Å². The summed E-state index contributed by atoms with van der Waals surface area (Å²) in [6.07, 6.45) is 6.51. The molecule has 0 aromatic carbocycles. The van der Waals surface area contributed by atoms with Crippen molar-refractivity contribution in [1.82, 2.24) is 5.43 Å². The van der Waals surface area contributed by atoms with Gasteiger partial charge < -0.3 is 19.3 Å². The Balaban J connectivity index is 1.65. The molecule has 2 N–H and O–H groups in total. The number of esters is 2. The summed E-state index contributed by atoms with van der Waals surface area (Å²) in [5.74, 6) is 0.173. The van der Waals surface area contributed by atoms with Crippen LogP contribution >= 0.6 is 0 Å². The Labute approximate surface area is 219 Å². The van der Waals surface area contributed by atoms with Gasteiger partial charge in [0.25, 0.3) is 0 Å². The van der Waals surface area contributed by atoms with Crippen LogP contribution in [-0.2, 0) is 23.8 Å². The zero-order valence-corrected chi connectivity index (χ0v) is 23.0. The van der Waals surface area contributed by atoms with E-state index in [4.69, 9.17) is 14.2 Å². The highest BCUT2D eigenvalue weighted by Gasteiger charge is 2.69. The topological polar surface area (TPSA) is 124 Å². The van der Waals surface area contributed by atoms with Crippen molar-refractivity contribution >= 4 is 23.7 Å². The molecular weight excluding hydrogens is 476 g/mol. The maximum atomic E-state index is 12.3. The standard InChI is InChI=1S/C28H42N2O7/c1-7-35-25(33)30-29-16(2)28(34)24(37-18(4)32)15-23-21-9-8-19-14-20(36-17(3)31)10-12-26(19,5)22(21)11-13-27(23,28)6/h8,20-24,34H,7,9-15H2,1-6H3,(H,30,33)/b29-16-/t20?,21?,22?,23?,24-,26+,27+,28-/m1/s1. The third-order valence-electron chi connectivity index (χ3n) is 10.0. The molecule has 206 valence electrons. The number of rotatable bonds is 5. The number of carbonyl (C=O) groups is 3. The quantitative estimate of drug-likeness (QED) is 0.183. The van der Waals surface area contributed by atoms with Crippen LogP contribution in [0.2, 0.25) is 0 Å². The van der Waals surface area contributed by atoms with E-state index in [-0.39, 0.29) is 30.0 Å². The molecule has 0 aromatic rings. The van der Waals surface area contributed by atoms with Gasteiger partial charge in [-0.15, -0.1) is 0 Å². The van der Waals surface area contributed by atoms with Crippen LogP contribution in [0.1, 0.15) is 86.5 Å². The summed E-state index contributed by atoms with van der Waals surface area (Å²) in [4.78, 5) is 35.5. The Hall–Kier alpha value is -2.42. The Morgan fingerprint density at radius 1 is 1.08 bits per heavy atom. The summed E-state index contributed by atoms with van der Waals surface area (Å²) >= 11 is 0. The number of nitrogens with zero attached hydrogens (tertiary/aromatic N) is 1. The molecule has 8 atom stereocenters. The second kappa shape index (κ2) is 10.0. The smallest absolute Gasteiger partial charge is 0.427 e. The number of nitrogens with one attached hydrogen (secondary N) is 1. The van der Waals surface area contributed by atoms with Crippen molar-refractivity contribution in [1.29, 1.82) is 0 Å². The molecule has 4 unspecified atom stereocenters. The lowest BCUT2D eigenvalue weighted by atomic mass is 9.46. The van der Waals surface area contributed by atoms with Crippen molar-refractivity contribution in [3.8, 4) is 0 Å². The van der Waals surface area contributed by atoms with Gasteiger partial charge in [-0.1, -0.05) is 25.5 Å². The van der Waals surface area contributed by atoms with Gasteiger partial charge in [-0.05, 0) is 75.5 Å². The minimum Gasteiger partial charge on any atom is -0.462 e. The number of ether oxygens (including phenoxy) is 3. The lowest BCUT2D eigenvalue weighted by Gasteiger charge is -2.58. The van der Waals surface area contributed by atoms with Gasteiger partial charge in [0.15, 0.2) is 0 Å². The number of carbonyl (C=O) groups excluding carboxylic acids is 3. The van der Waals surface area contributed by atoms with E-state index >= 15 is 0 Å². The van der Waals surface area contributed by atoms with Crippen LogP contribution < -0.4 is 5.43 Å². The zero-order chi connectivity index (χ0) is 27.2. The van der Waals surface area contributed by atoms with Crippen LogP contribution in [0, 0.1) is 28.6 Å². The Morgan fingerprint density at radius 3 is 2.43 bits per heavy atom. The number of hydrogen-bond donors (Lipinski definition) is 2. The second-order valence-corrected chi connectivity index (χ2v) is 11.8. The molecule has 0 spiro atoms. The Morgan fingerprint density at radius 2 is 1.78 bits per heavy atom. The fourth-order valence-corrected chi connectivity index (χ4v) is 8.32. The average molecular weight is 519 g/mol. The molecule has 3 fully saturated rings. The van der Waals surface area contributed by atoms with E-state index in [2.05, 4.69) is 30.5 Å². The number of hydrogen-bond acceptors (Lipinski definition) is 8. The van der Waals surface area contributed by atoms with E-state index in [1.807, 2.05) is 0 Å². The van der Waals surface area contributed by atoms with Crippen LogP contribution in [0.15, 0.2) is 16.8 Å². The number of amides is 1. The molecule has 1 amide bonds. The molecule has 4 aliphatic rings. The van der Waals surface area contributed by atoms with Gasteiger partial charge in [-0.25, -0.2) is 10.2 Å². The molecule has 0 saturated heterocycles. The van der Waals surface area contributed by atoms with Crippen molar-refractivity contribution in [3.05, 3.63) is 11.6 Å². The Bertz CT molecular complexity index is 1010. The normalized spacial score (nSPS) is 40.9. The maximum Gasteiger partial charge on any atom is 0.427 e. The van der Waals surface area contributed by atoms with E-state index in [1.54, 1.807) is 13.8 Å². The Kier molecular flexibility index (Phi) is 7.49. The van der Waals surface area contributed by atoms with E-state index in [0.29, 0.717) is 24.0 Å². The summed E-state index contributed by atoms with van der Waals surface area (Å²) < 4.78 is 16.2. The van der Waals surface area contributed by atoms with Gasteiger partial charge >= 0.3 is 18.0 Å². The van der Waals surface area contributed by atoms with Gasteiger partial charge in [-0.3, -0.25) is 9.59 Å². The summed E-state index contributed by atoms with van der Waals surface area (Å²) in [7, 11) is 0. The highest BCUT2D eigenvalue weighted by molar-refractivity contribution is 5.93.